The normalized spacial score (nSPS) is 13.0. The number of hydrogen-bond acceptors (Lipinski definition) is 1. The van der Waals surface area contributed by atoms with Crippen molar-refractivity contribution in [1.82, 2.24) is 0 Å². The average Bonchev–Trinajstić information content (AvgIpc) is 1.97. The molecule has 64 valence electrons. The second-order valence-electron chi connectivity index (χ2n) is 3.51. The van der Waals surface area contributed by atoms with Crippen LogP contribution in [-0.4, -0.2) is 0 Å². The average molecular weight is 153 g/mol. The summed E-state index contributed by atoms with van der Waals surface area (Å²) in [4.78, 5) is 0. The molecule has 11 heavy (non-hydrogen) atoms. The SMILES string of the molecule is CCCCC(CC#N)C(C)C. The largest absolute Gasteiger partial charge is 0.198 e. The highest BCUT2D eigenvalue weighted by Crippen LogP contribution is 2.20. The second-order valence-corrected chi connectivity index (χ2v) is 3.51. The Balaban J connectivity index is 3.62. The quantitative estimate of drug-likeness (QED) is 0.594. The monoisotopic (exact) mass is 153 g/mol. The molecule has 0 aliphatic rings. The van der Waals surface area contributed by atoms with Crippen LogP contribution in [0.3, 0.4) is 0 Å². The minimum Gasteiger partial charge on any atom is -0.198 e. The van der Waals surface area contributed by atoms with Gasteiger partial charge < -0.3 is 0 Å². The fourth-order valence-electron chi connectivity index (χ4n) is 1.25. The van der Waals surface area contributed by atoms with E-state index in [4.69, 9.17) is 5.26 Å². The van der Waals surface area contributed by atoms with Gasteiger partial charge in [-0.1, -0.05) is 33.6 Å². The van der Waals surface area contributed by atoms with Gasteiger partial charge in [0.25, 0.3) is 0 Å². The molecule has 0 aromatic rings. The van der Waals surface area contributed by atoms with Crippen molar-refractivity contribution in [3.8, 4) is 6.07 Å². The number of nitriles is 1. The summed E-state index contributed by atoms with van der Waals surface area (Å²) in [6, 6.07) is 2.26. The Morgan fingerprint density at radius 3 is 2.36 bits per heavy atom. The highest BCUT2D eigenvalue weighted by atomic mass is 14.3. The highest BCUT2D eigenvalue weighted by molar-refractivity contribution is 4.77. The topological polar surface area (TPSA) is 23.8 Å². The standard InChI is InChI=1S/C10H19N/c1-4-5-6-10(7-8-11)9(2)3/h9-10H,4-7H2,1-3H3. The third kappa shape index (κ3) is 4.84. The van der Waals surface area contributed by atoms with Gasteiger partial charge in [0, 0.05) is 6.42 Å². The van der Waals surface area contributed by atoms with Crippen LogP contribution in [0.15, 0.2) is 0 Å². The lowest BCUT2D eigenvalue weighted by Crippen LogP contribution is -2.07. The fraction of sp³-hybridized carbons (Fsp3) is 0.900. The summed E-state index contributed by atoms with van der Waals surface area (Å²) < 4.78 is 0. The summed E-state index contributed by atoms with van der Waals surface area (Å²) in [6.07, 6.45) is 4.47. The van der Waals surface area contributed by atoms with E-state index in [1.54, 1.807) is 0 Å². The molecule has 1 heteroatoms. The Hall–Kier alpha value is -0.510. The van der Waals surface area contributed by atoms with Crippen molar-refractivity contribution < 1.29 is 0 Å². The van der Waals surface area contributed by atoms with Gasteiger partial charge in [0.2, 0.25) is 0 Å². The van der Waals surface area contributed by atoms with Gasteiger partial charge in [-0.2, -0.15) is 5.26 Å². The van der Waals surface area contributed by atoms with Crippen LogP contribution in [-0.2, 0) is 0 Å². The molecule has 0 saturated heterocycles. The first-order valence-corrected chi connectivity index (χ1v) is 4.59. The third-order valence-corrected chi connectivity index (χ3v) is 2.22. The molecule has 0 aliphatic carbocycles. The van der Waals surface area contributed by atoms with E-state index in [2.05, 4.69) is 26.8 Å². The number of rotatable bonds is 5. The minimum absolute atomic E-state index is 0.625. The molecule has 1 unspecified atom stereocenters. The van der Waals surface area contributed by atoms with E-state index in [0.717, 1.165) is 6.42 Å². The molecule has 0 N–H and O–H groups in total. The maximum Gasteiger partial charge on any atom is 0.0624 e. The van der Waals surface area contributed by atoms with E-state index in [1.807, 2.05) is 0 Å². The molecule has 0 saturated carbocycles. The summed E-state index contributed by atoms with van der Waals surface area (Å²) in [5, 5.41) is 8.53. The van der Waals surface area contributed by atoms with Crippen LogP contribution in [0.5, 0.6) is 0 Å². The molecular formula is C10H19N. The van der Waals surface area contributed by atoms with Crippen molar-refractivity contribution in [3.05, 3.63) is 0 Å². The van der Waals surface area contributed by atoms with E-state index in [-0.39, 0.29) is 0 Å². The van der Waals surface area contributed by atoms with Crippen LogP contribution in [0.1, 0.15) is 46.5 Å². The number of unbranched alkanes of at least 4 members (excludes halogenated alkanes) is 1. The van der Waals surface area contributed by atoms with E-state index >= 15 is 0 Å². The predicted molar refractivity (Wildman–Crippen MR) is 48.1 cm³/mol. The summed E-state index contributed by atoms with van der Waals surface area (Å²) in [5.41, 5.74) is 0. The molecule has 0 aromatic carbocycles. The van der Waals surface area contributed by atoms with Gasteiger partial charge >= 0.3 is 0 Å². The lowest BCUT2D eigenvalue weighted by molar-refractivity contribution is 0.356. The highest BCUT2D eigenvalue weighted by Gasteiger charge is 2.11. The molecule has 0 spiro atoms. The van der Waals surface area contributed by atoms with Crippen LogP contribution in [0, 0.1) is 23.2 Å². The summed E-state index contributed by atoms with van der Waals surface area (Å²) in [6.45, 7) is 6.61. The van der Waals surface area contributed by atoms with Gasteiger partial charge in [0.05, 0.1) is 6.07 Å². The molecule has 0 aromatic heterocycles. The van der Waals surface area contributed by atoms with Gasteiger partial charge in [-0.15, -0.1) is 0 Å². The maximum absolute atomic E-state index is 8.53. The number of nitrogens with zero attached hydrogens (tertiary/aromatic N) is 1. The molecule has 1 nitrogen and oxygen atoms in total. The van der Waals surface area contributed by atoms with Gasteiger partial charge in [-0.05, 0) is 18.3 Å². The van der Waals surface area contributed by atoms with Crippen LogP contribution in [0.2, 0.25) is 0 Å². The van der Waals surface area contributed by atoms with Gasteiger partial charge in [0.15, 0.2) is 0 Å². The molecule has 0 heterocycles. The predicted octanol–water partition coefficient (Wildman–Crippen LogP) is 3.36. The number of hydrogen-bond donors (Lipinski definition) is 0. The van der Waals surface area contributed by atoms with Gasteiger partial charge in [-0.3, -0.25) is 0 Å². The fourth-order valence-corrected chi connectivity index (χ4v) is 1.25. The Morgan fingerprint density at radius 1 is 1.36 bits per heavy atom. The van der Waals surface area contributed by atoms with Crippen molar-refractivity contribution >= 4 is 0 Å². The van der Waals surface area contributed by atoms with Crippen LogP contribution >= 0.6 is 0 Å². The minimum atomic E-state index is 0.625. The third-order valence-electron chi connectivity index (χ3n) is 2.22. The van der Waals surface area contributed by atoms with Crippen LogP contribution in [0.25, 0.3) is 0 Å². The lowest BCUT2D eigenvalue weighted by Gasteiger charge is -2.16. The first kappa shape index (κ1) is 10.5. The molecule has 0 radical (unpaired) electrons. The molecule has 1 atom stereocenters. The zero-order valence-corrected chi connectivity index (χ0v) is 7.93. The molecule has 0 fully saturated rings. The first-order valence-electron chi connectivity index (χ1n) is 4.59. The smallest absolute Gasteiger partial charge is 0.0624 e. The summed E-state index contributed by atoms with van der Waals surface area (Å²) >= 11 is 0. The zero-order chi connectivity index (χ0) is 8.69. The second kappa shape index (κ2) is 6.22. The van der Waals surface area contributed by atoms with E-state index in [9.17, 15) is 0 Å². The summed E-state index contributed by atoms with van der Waals surface area (Å²) in [7, 11) is 0. The van der Waals surface area contributed by atoms with Crippen LogP contribution in [0.4, 0.5) is 0 Å². The first-order chi connectivity index (χ1) is 5.22. The molecule has 0 rings (SSSR count). The summed E-state index contributed by atoms with van der Waals surface area (Å²) in [5.74, 6) is 1.29. The van der Waals surface area contributed by atoms with Crippen molar-refractivity contribution in [3.63, 3.8) is 0 Å². The molecular weight excluding hydrogens is 134 g/mol. The lowest BCUT2D eigenvalue weighted by atomic mass is 9.88. The van der Waals surface area contributed by atoms with E-state index in [0.29, 0.717) is 11.8 Å². The van der Waals surface area contributed by atoms with Crippen molar-refractivity contribution in [1.29, 1.82) is 5.26 Å². The Kier molecular flexibility index (Phi) is 5.93. The van der Waals surface area contributed by atoms with Crippen molar-refractivity contribution in [2.45, 2.75) is 46.5 Å². The van der Waals surface area contributed by atoms with E-state index < -0.39 is 0 Å². The maximum atomic E-state index is 8.53. The van der Waals surface area contributed by atoms with Gasteiger partial charge in [-0.25, -0.2) is 0 Å². The molecule has 0 amide bonds. The molecule has 0 aliphatic heterocycles. The van der Waals surface area contributed by atoms with E-state index in [1.165, 1.54) is 19.3 Å². The Morgan fingerprint density at radius 2 is 2.00 bits per heavy atom. The van der Waals surface area contributed by atoms with Crippen molar-refractivity contribution in [2.75, 3.05) is 0 Å². The van der Waals surface area contributed by atoms with Crippen molar-refractivity contribution in [2.24, 2.45) is 11.8 Å². The zero-order valence-electron chi connectivity index (χ0n) is 7.93. The molecule has 0 bridgehead atoms. The Bertz CT molecular complexity index is 121. The Labute approximate surface area is 70.4 Å². The van der Waals surface area contributed by atoms with Crippen LogP contribution < -0.4 is 0 Å². The van der Waals surface area contributed by atoms with Gasteiger partial charge in [0.1, 0.15) is 0 Å².